The largest absolute Gasteiger partial charge is 0.496 e. The standard InChI is InChI=1S/C13H11NO4S/c1-18-10-7-13(19-8-10)12(15)6-9-4-2-3-5-11(9)14(16)17/h2-5,7-8H,6H2,1H3. The first-order chi connectivity index (χ1) is 9.11. The summed E-state index contributed by atoms with van der Waals surface area (Å²) in [5.74, 6) is 0.471. The number of hydrogen-bond donors (Lipinski definition) is 0. The normalized spacial score (nSPS) is 10.2. The maximum Gasteiger partial charge on any atom is 0.273 e. The summed E-state index contributed by atoms with van der Waals surface area (Å²) in [4.78, 5) is 23.0. The second kappa shape index (κ2) is 5.62. The fourth-order valence-corrected chi connectivity index (χ4v) is 2.47. The Kier molecular flexibility index (Phi) is 3.91. The van der Waals surface area contributed by atoms with E-state index < -0.39 is 4.92 Å². The van der Waals surface area contributed by atoms with Gasteiger partial charge >= 0.3 is 0 Å². The molecule has 0 spiro atoms. The molecule has 0 N–H and O–H groups in total. The smallest absolute Gasteiger partial charge is 0.273 e. The lowest BCUT2D eigenvalue weighted by Crippen LogP contribution is -2.04. The zero-order valence-electron chi connectivity index (χ0n) is 10.2. The van der Waals surface area contributed by atoms with E-state index in [1.165, 1.54) is 24.5 Å². The van der Waals surface area contributed by atoms with E-state index in [4.69, 9.17) is 4.74 Å². The van der Waals surface area contributed by atoms with E-state index in [9.17, 15) is 14.9 Å². The molecule has 1 heterocycles. The van der Waals surface area contributed by atoms with Crippen LogP contribution in [0.25, 0.3) is 0 Å². The predicted molar refractivity (Wildman–Crippen MR) is 72.0 cm³/mol. The topological polar surface area (TPSA) is 69.4 Å². The molecular formula is C13H11NO4S. The zero-order valence-corrected chi connectivity index (χ0v) is 11.0. The molecule has 6 heteroatoms. The summed E-state index contributed by atoms with van der Waals surface area (Å²) in [6.45, 7) is 0. The van der Waals surface area contributed by atoms with Crippen LogP contribution in [0.5, 0.6) is 5.75 Å². The van der Waals surface area contributed by atoms with Crippen LogP contribution in [-0.4, -0.2) is 17.8 Å². The summed E-state index contributed by atoms with van der Waals surface area (Å²) in [5.41, 5.74) is 0.393. The Morgan fingerprint density at radius 2 is 2.16 bits per heavy atom. The molecule has 0 bridgehead atoms. The van der Waals surface area contributed by atoms with Crippen molar-refractivity contribution < 1.29 is 14.5 Å². The minimum atomic E-state index is -0.475. The number of Topliss-reactive ketones (excluding diaryl/α,β-unsaturated/α-hetero) is 1. The predicted octanol–water partition coefficient (Wildman–Crippen LogP) is 3.09. The lowest BCUT2D eigenvalue weighted by Gasteiger charge is -2.00. The number of rotatable bonds is 5. The second-order valence-electron chi connectivity index (χ2n) is 3.84. The molecule has 0 radical (unpaired) electrons. The van der Waals surface area contributed by atoms with Gasteiger partial charge in [0.15, 0.2) is 5.78 Å². The highest BCUT2D eigenvalue weighted by atomic mass is 32.1. The zero-order chi connectivity index (χ0) is 13.8. The Hall–Kier alpha value is -2.21. The van der Waals surface area contributed by atoms with E-state index in [0.717, 1.165) is 0 Å². The SMILES string of the molecule is COc1csc(C(=O)Cc2ccccc2[N+](=O)[O-])c1. The van der Waals surface area contributed by atoms with E-state index in [1.54, 1.807) is 29.6 Å². The lowest BCUT2D eigenvalue weighted by atomic mass is 10.1. The summed E-state index contributed by atoms with van der Waals surface area (Å²) in [7, 11) is 1.53. The molecule has 0 fully saturated rings. The number of hydrogen-bond acceptors (Lipinski definition) is 5. The minimum absolute atomic E-state index is 0.0147. The van der Waals surface area contributed by atoms with Gasteiger partial charge in [0.05, 0.1) is 16.9 Å². The van der Waals surface area contributed by atoms with Crippen molar-refractivity contribution in [1.29, 1.82) is 0 Å². The first-order valence-electron chi connectivity index (χ1n) is 5.50. The van der Waals surface area contributed by atoms with Gasteiger partial charge in [0, 0.05) is 29.5 Å². The van der Waals surface area contributed by atoms with Crippen LogP contribution < -0.4 is 4.74 Å². The van der Waals surface area contributed by atoms with Crippen molar-refractivity contribution in [2.75, 3.05) is 7.11 Å². The third-order valence-corrected chi connectivity index (χ3v) is 3.57. The van der Waals surface area contributed by atoms with E-state index in [1.807, 2.05) is 0 Å². The number of thiophene rings is 1. The highest BCUT2D eigenvalue weighted by Gasteiger charge is 2.17. The molecule has 0 aliphatic rings. The number of ether oxygens (including phenoxy) is 1. The van der Waals surface area contributed by atoms with Gasteiger partial charge in [0.25, 0.3) is 5.69 Å². The van der Waals surface area contributed by atoms with Gasteiger partial charge in [-0.25, -0.2) is 0 Å². The number of para-hydroxylation sites is 1. The monoisotopic (exact) mass is 277 g/mol. The average Bonchev–Trinajstić information content (AvgIpc) is 2.88. The van der Waals surface area contributed by atoms with Crippen molar-refractivity contribution in [3.05, 3.63) is 56.3 Å². The van der Waals surface area contributed by atoms with Crippen LogP contribution in [0.1, 0.15) is 15.2 Å². The highest BCUT2D eigenvalue weighted by Crippen LogP contribution is 2.25. The molecular weight excluding hydrogens is 266 g/mol. The molecule has 5 nitrogen and oxygen atoms in total. The minimum Gasteiger partial charge on any atom is -0.496 e. The fraction of sp³-hybridized carbons (Fsp3) is 0.154. The van der Waals surface area contributed by atoms with Crippen LogP contribution in [0, 0.1) is 10.1 Å². The molecule has 19 heavy (non-hydrogen) atoms. The third-order valence-electron chi connectivity index (χ3n) is 2.63. The molecule has 1 aromatic carbocycles. The van der Waals surface area contributed by atoms with Gasteiger partial charge in [-0.1, -0.05) is 18.2 Å². The first kappa shape index (κ1) is 13.2. The van der Waals surface area contributed by atoms with E-state index >= 15 is 0 Å². The van der Waals surface area contributed by atoms with Gasteiger partial charge in [-0.2, -0.15) is 0 Å². The molecule has 0 aliphatic heterocycles. The Morgan fingerprint density at radius 3 is 2.79 bits per heavy atom. The molecule has 0 saturated heterocycles. The molecule has 0 amide bonds. The summed E-state index contributed by atoms with van der Waals surface area (Å²) in [6.07, 6.45) is 0.0147. The van der Waals surface area contributed by atoms with Crippen molar-refractivity contribution in [1.82, 2.24) is 0 Å². The van der Waals surface area contributed by atoms with Crippen LogP contribution in [-0.2, 0) is 6.42 Å². The summed E-state index contributed by atoms with van der Waals surface area (Å²) in [6, 6.07) is 7.91. The van der Waals surface area contributed by atoms with Gasteiger partial charge in [0.1, 0.15) is 5.75 Å². The number of ketones is 1. The van der Waals surface area contributed by atoms with E-state index in [-0.39, 0.29) is 17.9 Å². The quantitative estimate of drug-likeness (QED) is 0.478. The van der Waals surface area contributed by atoms with Crippen LogP contribution in [0.3, 0.4) is 0 Å². The maximum atomic E-state index is 12.1. The van der Waals surface area contributed by atoms with Crippen molar-refractivity contribution in [2.45, 2.75) is 6.42 Å². The van der Waals surface area contributed by atoms with Crippen LogP contribution in [0.2, 0.25) is 0 Å². The molecule has 2 rings (SSSR count). The first-order valence-corrected chi connectivity index (χ1v) is 6.38. The summed E-state index contributed by atoms with van der Waals surface area (Å²) < 4.78 is 5.01. The average molecular weight is 277 g/mol. The Balaban J connectivity index is 2.21. The van der Waals surface area contributed by atoms with E-state index in [2.05, 4.69) is 0 Å². The molecule has 0 aliphatic carbocycles. The van der Waals surface area contributed by atoms with Crippen molar-refractivity contribution >= 4 is 22.8 Å². The van der Waals surface area contributed by atoms with Crippen molar-refractivity contribution in [3.63, 3.8) is 0 Å². The molecule has 2 aromatic rings. The van der Waals surface area contributed by atoms with Gasteiger partial charge in [-0.15, -0.1) is 11.3 Å². The summed E-state index contributed by atoms with van der Waals surface area (Å²) in [5, 5.41) is 12.6. The maximum absolute atomic E-state index is 12.1. The van der Waals surface area contributed by atoms with Gasteiger partial charge < -0.3 is 4.74 Å². The van der Waals surface area contributed by atoms with Crippen molar-refractivity contribution in [2.24, 2.45) is 0 Å². The molecule has 0 atom stereocenters. The van der Waals surface area contributed by atoms with Crippen LogP contribution in [0.15, 0.2) is 35.7 Å². The number of carbonyl (C=O) groups is 1. The second-order valence-corrected chi connectivity index (χ2v) is 4.75. The van der Waals surface area contributed by atoms with Crippen LogP contribution in [0.4, 0.5) is 5.69 Å². The van der Waals surface area contributed by atoms with Crippen molar-refractivity contribution in [3.8, 4) is 5.75 Å². The fourth-order valence-electron chi connectivity index (χ4n) is 1.67. The lowest BCUT2D eigenvalue weighted by molar-refractivity contribution is -0.385. The number of nitro benzene ring substituents is 1. The third kappa shape index (κ3) is 2.97. The highest BCUT2D eigenvalue weighted by molar-refractivity contribution is 7.12. The number of benzene rings is 1. The molecule has 0 unspecified atom stereocenters. The van der Waals surface area contributed by atoms with E-state index in [0.29, 0.717) is 16.2 Å². The van der Waals surface area contributed by atoms with Gasteiger partial charge in [0.2, 0.25) is 0 Å². The van der Waals surface area contributed by atoms with Gasteiger partial charge in [-0.3, -0.25) is 14.9 Å². The van der Waals surface area contributed by atoms with Gasteiger partial charge in [-0.05, 0) is 0 Å². The van der Waals surface area contributed by atoms with Crippen LogP contribution >= 0.6 is 11.3 Å². The number of methoxy groups -OCH3 is 1. The number of nitro groups is 1. The molecule has 1 aromatic heterocycles. The Morgan fingerprint density at radius 1 is 1.42 bits per heavy atom. The Bertz CT molecular complexity index is 621. The molecule has 0 saturated carbocycles. The summed E-state index contributed by atoms with van der Waals surface area (Å²) >= 11 is 1.27. The molecule has 98 valence electrons. The number of nitrogens with zero attached hydrogens (tertiary/aromatic N) is 1. The number of carbonyl (C=O) groups excluding carboxylic acids is 1. The Labute approximate surface area is 113 Å².